The van der Waals surface area contributed by atoms with Crippen molar-refractivity contribution in [2.45, 2.75) is 19.8 Å². The van der Waals surface area contributed by atoms with E-state index in [4.69, 9.17) is 0 Å². The molecule has 0 aliphatic carbocycles. The van der Waals surface area contributed by atoms with Crippen molar-refractivity contribution in [2.24, 2.45) is 5.10 Å². The molecule has 0 fully saturated rings. The first-order valence-electron chi connectivity index (χ1n) is 7.47. The molecule has 1 N–H and O–H groups in total. The highest BCUT2D eigenvalue weighted by Crippen LogP contribution is 2.14. The van der Waals surface area contributed by atoms with Crippen LogP contribution in [0.4, 0.5) is 11.6 Å². The molecule has 3 rings (SSSR count). The Morgan fingerprint density at radius 2 is 1.78 bits per heavy atom. The Hall–Kier alpha value is -3.02. The van der Waals surface area contributed by atoms with Crippen molar-refractivity contribution in [1.82, 2.24) is 20.3 Å². The molecule has 1 aromatic heterocycles. The summed E-state index contributed by atoms with van der Waals surface area (Å²) in [5, 5.41) is 18.9. The summed E-state index contributed by atoms with van der Waals surface area (Å²) in [6, 6.07) is 18.0. The molecule has 0 spiro atoms. The minimum absolute atomic E-state index is 0.464. The van der Waals surface area contributed by atoms with Gasteiger partial charge in [-0.25, -0.2) is 0 Å². The van der Waals surface area contributed by atoms with E-state index in [0.29, 0.717) is 11.9 Å². The van der Waals surface area contributed by atoms with Gasteiger partial charge in [-0.1, -0.05) is 66.2 Å². The number of tetrazole rings is 1. The lowest BCUT2D eigenvalue weighted by atomic mass is 10.0. The number of nitrogens with zero attached hydrogens (tertiary/aromatic N) is 5. The third-order valence-corrected chi connectivity index (χ3v) is 3.40. The first-order chi connectivity index (χ1) is 11.2. The van der Waals surface area contributed by atoms with E-state index >= 15 is 0 Å². The Morgan fingerprint density at radius 3 is 2.48 bits per heavy atom. The Bertz CT molecular complexity index is 774. The number of hydrogen-bond donors (Lipinski definition) is 1. The summed E-state index contributed by atoms with van der Waals surface area (Å²) in [5.74, 6) is 0.980. The van der Waals surface area contributed by atoms with Crippen molar-refractivity contribution in [1.29, 1.82) is 0 Å². The maximum absolute atomic E-state index is 4.30. The Morgan fingerprint density at radius 1 is 1.04 bits per heavy atom. The molecule has 0 aliphatic heterocycles. The van der Waals surface area contributed by atoms with Crippen LogP contribution in [0.2, 0.25) is 0 Å². The average molecular weight is 306 g/mol. The molecular formula is C17H18N6. The van der Waals surface area contributed by atoms with Gasteiger partial charge < -0.3 is 5.32 Å². The van der Waals surface area contributed by atoms with Crippen molar-refractivity contribution in [3.8, 4) is 0 Å². The van der Waals surface area contributed by atoms with Crippen molar-refractivity contribution < 1.29 is 0 Å². The topological polar surface area (TPSA) is 68.0 Å². The predicted octanol–water partition coefficient (Wildman–Crippen LogP) is 3.42. The van der Waals surface area contributed by atoms with Crippen LogP contribution < -0.4 is 5.32 Å². The van der Waals surface area contributed by atoms with E-state index in [1.54, 1.807) is 6.21 Å². The molecule has 0 saturated heterocycles. The normalized spacial score (nSPS) is 11.3. The second-order valence-corrected chi connectivity index (χ2v) is 5.45. The van der Waals surface area contributed by atoms with E-state index in [9.17, 15) is 0 Å². The van der Waals surface area contributed by atoms with Gasteiger partial charge in [-0.15, -0.1) is 0 Å². The number of hydrogen-bond acceptors (Lipinski definition) is 5. The SMILES string of the molecule is CC(C)c1ccc(C=Nn2nnnc2Nc2ccccc2)cc1. The zero-order valence-corrected chi connectivity index (χ0v) is 13.1. The molecule has 0 radical (unpaired) electrons. The Balaban J connectivity index is 1.74. The summed E-state index contributed by atoms with van der Waals surface area (Å²) < 4.78 is 0. The van der Waals surface area contributed by atoms with Crippen LogP contribution >= 0.6 is 0 Å². The van der Waals surface area contributed by atoms with E-state index < -0.39 is 0 Å². The molecular weight excluding hydrogens is 288 g/mol. The van der Waals surface area contributed by atoms with Crippen molar-refractivity contribution in [3.63, 3.8) is 0 Å². The van der Waals surface area contributed by atoms with Gasteiger partial charge in [0.25, 0.3) is 5.95 Å². The second-order valence-electron chi connectivity index (χ2n) is 5.45. The summed E-state index contributed by atoms with van der Waals surface area (Å²) >= 11 is 0. The molecule has 0 saturated carbocycles. The molecule has 0 aliphatic rings. The fraction of sp³-hybridized carbons (Fsp3) is 0.176. The average Bonchev–Trinajstić information content (AvgIpc) is 3.01. The summed E-state index contributed by atoms with van der Waals surface area (Å²) in [6.07, 6.45) is 1.73. The van der Waals surface area contributed by atoms with Gasteiger partial charge in [0.1, 0.15) is 0 Å². The van der Waals surface area contributed by atoms with Crippen LogP contribution in [0, 0.1) is 0 Å². The molecule has 2 aromatic carbocycles. The van der Waals surface area contributed by atoms with Crippen LogP contribution in [0.15, 0.2) is 59.7 Å². The highest BCUT2D eigenvalue weighted by atomic mass is 15.7. The molecule has 0 unspecified atom stereocenters. The van der Waals surface area contributed by atoms with Gasteiger partial charge in [0.15, 0.2) is 0 Å². The minimum atomic E-state index is 0.464. The molecule has 1 heterocycles. The van der Waals surface area contributed by atoms with Crippen LogP contribution in [0.5, 0.6) is 0 Å². The first-order valence-corrected chi connectivity index (χ1v) is 7.47. The standard InChI is InChI=1S/C17H18N6/c1-13(2)15-10-8-14(9-11-15)12-18-23-17(20-21-22-23)19-16-6-4-3-5-7-16/h3-13H,1-2H3,(H,19,20,22). The molecule has 116 valence electrons. The Labute approximate surface area is 134 Å². The van der Waals surface area contributed by atoms with E-state index in [2.05, 4.69) is 51.9 Å². The van der Waals surface area contributed by atoms with Gasteiger partial charge in [0, 0.05) is 5.69 Å². The lowest BCUT2D eigenvalue weighted by Crippen LogP contribution is -2.01. The van der Waals surface area contributed by atoms with Crippen molar-refractivity contribution in [2.75, 3.05) is 5.32 Å². The third-order valence-electron chi connectivity index (χ3n) is 3.40. The first kappa shape index (κ1) is 14.9. The summed E-state index contributed by atoms with van der Waals surface area (Å²) in [6.45, 7) is 4.34. The molecule has 6 nitrogen and oxygen atoms in total. The summed E-state index contributed by atoms with van der Waals surface area (Å²) in [4.78, 5) is 1.36. The van der Waals surface area contributed by atoms with E-state index in [1.165, 1.54) is 10.4 Å². The van der Waals surface area contributed by atoms with Gasteiger partial charge in [0.05, 0.1) is 6.21 Å². The van der Waals surface area contributed by atoms with Crippen LogP contribution in [0.25, 0.3) is 0 Å². The minimum Gasteiger partial charge on any atom is -0.321 e. The molecule has 0 bridgehead atoms. The number of para-hydroxylation sites is 1. The van der Waals surface area contributed by atoms with Crippen LogP contribution in [-0.4, -0.2) is 26.5 Å². The third kappa shape index (κ3) is 3.79. The summed E-state index contributed by atoms with van der Waals surface area (Å²) in [7, 11) is 0. The highest BCUT2D eigenvalue weighted by molar-refractivity contribution is 5.79. The molecule has 0 atom stereocenters. The van der Waals surface area contributed by atoms with Gasteiger partial charge in [0.2, 0.25) is 0 Å². The fourth-order valence-corrected chi connectivity index (χ4v) is 2.07. The quantitative estimate of drug-likeness (QED) is 0.733. The lowest BCUT2D eigenvalue weighted by molar-refractivity contribution is 0.699. The molecule has 6 heteroatoms. The maximum Gasteiger partial charge on any atom is 0.269 e. The van der Waals surface area contributed by atoms with Crippen LogP contribution in [0.3, 0.4) is 0 Å². The van der Waals surface area contributed by atoms with E-state index in [-0.39, 0.29) is 0 Å². The predicted molar refractivity (Wildman–Crippen MR) is 91.1 cm³/mol. The smallest absolute Gasteiger partial charge is 0.269 e. The number of benzene rings is 2. The van der Waals surface area contributed by atoms with Crippen LogP contribution in [0.1, 0.15) is 30.9 Å². The lowest BCUT2D eigenvalue weighted by Gasteiger charge is -2.04. The number of aromatic nitrogens is 4. The van der Waals surface area contributed by atoms with E-state index in [1.807, 2.05) is 42.5 Å². The monoisotopic (exact) mass is 306 g/mol. The second kappa shape index (κ2) is 6.83. The molecule has 3 aromatic rings. The highest BCUT2D eigenvalue weighted by Gasteiger charge is 2.04. The molecule has 23 heavy (non-hydrogen) atoms. The van der Waals surface area contributed by atoms with Gasteiger partial charge in [-0.3, -0.25) is 0 Å². The number of anilines is 2. The van der Waals surface area contributed by atoms with Gasteiger partial charge in [-0.2, -0.15) is 5.10 Å². The zero-order chi connectivity index (χ0) is 16.1. The van der Waals surface area contributed by atoms with Crippen molar-refractivity contribution >= 4 is 17.9 Å². The largest absolute Gasteiger partial charge is 0.321 e. The Kier molecular flexibility index (Phi) is 4.42. The van der Waals surface area contributed by atoms with Gasteiger partial charge in [-0.05, 0) is 39.6 Å². The van der Waals surface area contributed by atoms with Gasteiger partial charge >= 0.3 is 0 Å². The number of rotatable bonds is 5. The fourth-order valence-electron chi connectivity index (χ4n) is 2.07. The zero-order valence-electron chi connectivity index (χ0n) is 13.1. The maximum atomic E-state index is 4.30. The molecule has 0 amide bonds. The van der Waals surface area contributed by atoms with Crippen LogP contribution in [-0.2, 0) is 0 Å². The summed E-state index contributed by atoms with van der Waals surface area (Å²) in [5.41, 5.74) is 3.20. The van der Waals surface area contributed by atoms with E-state index in [0.717, 1.165) is 11.3 Å². The number of nitrogens with one attached hydrogen (secondary N) is 1. The van der Waals surface area contributed by atoms with Crippen molar-refractivity contribution in [3.05, 3.63) is 65.7 Å².